The second-order valence-electron chi connectivity index (χ2n) is 5.70. The fourth-order valence-electron chi connectivity index (χ4n) is 2.90. The molecule has 1 aliphatic rings. The molecule has 1 saturated heterocycles. The van der Waals surface area contributed by atoms with Gasteiger partial charge in [0.25, 0.3) is 0 Å². The molecule has 0 spiro atoms. The number of thiophene rings is 1. The summed E-state index contributed by atoms with van der Waals surface area (Å²) in [7, 11) is -4.04. The van der Waals surface area contributed by atoms with Crippen LogP contribution in [0.15, 0.2) is 40.6 Å². The first kappa shape index (κ1) is 17.5. The van der Waals surface area contributed by atoms with Crippen LogP contribution in [0.25, 0.3) is 0 Å². The SMILES string of the molecule is O=S(=O)(NCC(c1cccs1)N1CCCC1)c1ccc(F)cc1F. The number of nitrogens with one attached hydrogen (secondary N) is 1. The third-order valence-corrected chi connectivity index (χ3v) is 6.53. The Morgan fingerprint density at radius 2 is 1.96 bits per heavy atom. The number of likely N-dealkylation sites (tertiary alicyclic amines) is 1. The third-order valence-electron chi connectivity index (χ3n) is 4.10. The Hall–Kier alpha value is -1.35. The topological polar surface area (TPSA) is 49.4 Å². The van der Waals surface area contributed by atoms with Gasteiger partial charge in [0.1, 0.15) is 16.5 Å². The highest BCUT2D eigenvalue weighted by Crippen LogP contribution is 2.28. The zero-order chi connectivity index (χ0) is 17.2. The van der Waals surface area contributed by atoms with Gasteiger partial charge in [-0.25, -0.2) is 21.9 Å². The number of sulfonamides is 1. The Labute approximate surface area is 144 Å². The minimum absolute atomic E-state index is 0.0780. The molecule has 8 heteroatoms. The largest absolute Gasteiger partial charge is 0.294 e. The first-order valence-electron chi connectivity index (χ1n) is 7.69. The van der Waals surface area contributed by atoms with E-state index in [0.717, 1.165) is 42.9 Å². The monoisotopic (exact) mass is 372 g/mol. The molecule has 1 N–H and O–H groups in total. The summed E-state index contributed by atoms with van der Waals surface area (Å²) in [5.41, 5.74) is 0. The predicted molar refractivity (Wildman–Crippen MR) is 89.4 cm³/mol. The highest BCUT2D eigenvalue weighted by atomic mass is 32.2. The van der Waals surface area contributed by atoms with Crippen LogP contribution in [0.4, 0.5) is 8.78 Å². The van der Waals surface area contributed by atoms with E-state index in [1.807, 2.05) is 17.5 Å². The Morgan fingerprint density at radius 3 is 2.58 bits per heavy atom. The highest BCUT2D eigenvalue weighted by Gasteiger charge is 2.27. The van der Waals surface area contributed by atoms with Gasteiger partial charge in [-0.3, -0.25) is 4.90 Å². The molecule has 130 valence electrons. The van der Waals surface area contributed by atoms with Crippen molar-refractivity contribution in [3.8, 4) is 0 Å². The van der Waals surface area contributed by atoms with Gasteiger partial charge in [0.15, 0.2) is 0 Å². The lowest BCUT2D eigenvalue weighted by molar-refractivity contribution is 0.250. The lowest BCUT2D eigenvalue weighted by Gasteiger charge is -2.26. The predicted octanol–water partition coefficient (Wildman–Crippen LogP) is 3.14. The van der Waals surface area contributed by atoms with Crippen molar-refractivity contribution >= 4 is 21.4 Å². The quantitative estimate of drug-likeness (QED) is 0.848. The second kappa shape index (κ2) is 7.26. The van der Waals surface area contributed by atoms with E-state index in [4.69, 9.17) is 0 Å². The van der Waals surface area contributed by atoms with Crippen LogP contribution in [0.1, 0.15) is 23.8 Å². The normalized spacial score (nSPS) is 17.2. The van der Waals surface area contributed by atoms with Crippen LogP contribution in [0, 0.1) is 11.6 Å². The molecule has 0 amide bonds. The Kier molecular flexibility index (Phi) is 5.29. The molecule has 0 saturated carbocycles. The molecule has 1 aromatic heterocycles. The van der Waals surface area contributed by atoms with E-state index in [1.54, 1.807) is 11.3 Å². The van der Waals surface area contributed by atoms with Crippen LogP contribution in [0.5, 0.6) is 0 Å². The van der Waals surface area contributed by atoms with Crippen molar-refractivity contribution in [3.63, 3.8) is 0 Å². The van der Waals surface area contributed by atoms with Gasteiger partial charge in [-0.05, 0) is 49.5 Å². The number of benzene rings is 1. The van der Waals surface area contributed by atoms with E-state index < -0.39 is 26.6 Å². The van der Waals surface area contributed by atoms with Crippen LogP contribution < -0.4 is 4.72 Å². The number of halogens is 2. The van der Waals surface area contributed by atoms with Crippen molar-refractivity contribution in [1.29, 1.82) is 0 Å². The van der Waals surface area contributed by atoms with E-state index in [2.05, 4.69) is 9.62 Å². The molecule has 2 heterocycles. The lowest BCUT2D eigenvalue weighted by atomic mass is 10.2. The number of hydrogen-bond acceptors (Lipinski definition) is 4. The zero-order valence-electron chi connectivity index (χ0n) is 12.9. The van der Waals surface area contributed by atoms with Crippen molar-refractivity contribution < 1.29 is 17.2 Å². The Morgan fingerprint density at radius 1 is 1.21 bits per heavy atom. The fourth-order valence-corrected chi connectivity index (χ4v) is 4.86. The van der Waals surface area contributed by atoms with E-state index in [1.165, 1.54) is 0 Å². The summed E-state index contributed by atoms with van der Waals surface area (Å²) < 4.78 is 54.0. The van der Waals surface area contributed by atoms with Gasteiger partial charge in [0.2, 0.25) is 10.0 Å². The maximum absolute atomic E-state index is 13.8. The molecule has 1 aliphatic heterocycles. The van der Waals surface area contributed by atoms with Crippen LogP contribution in [-0.2, 0) is 10.0 Å². The van der Waals surface area contributed by atoms with Gasteiger partial charge in [0, 0.05) is 17.5 Å². The molecule has 1 aromatic carbocycles. The molecule has 0 bridgehead atoms. The first-order valence-corrected chi connectivity index (χ1v) is 10.1. The summed E-state index contributed by atoms with van der Waals surface area (Å²) in [5, 5.41) is 1.95. The van der Waals surface area contributed by atoms with Crippen molar-refractivity contribution in [2.45, 2.75) is 23.8 Å². The van der Waals surface area contributed by atoms with Crippen molar-refractivity contribution in [3.05, 3.63) is 52.2 Å². The van der Waals surface area contributed by atoms with Crippen LogP contribution in [0.2, 0.25) is 0 Å². The molecule has 0 radical (unpaired) electrons. The average Bonchev–Trinajstić information content (AvgIpc) is 3.20. The van der Waals surface area contributed by atoms with Gasteiger partial charge < -0.3 is 0 Å². The summed E-state index contributed by atoms with van der Waals surface area (Å²) in [5.74, 6) is -1.89. The lowest BCUT2D eigenvalue weighted by Crippen LogP contribution is -2.36. The maximum Gasteiger partial charge on any atom is 0.243 e. The molecule has 0 aliphatic carbocycles. The molecule has 1 unspecified atom stereocenters. The van der Waals surface area contributed by atoms with Gasteiger partial charge in [-0.15, -0.1) is 11.3 Å². The number of nitrogens with zero attached hydrogens (tertiary/aromatic N) is 1. The summed E-state index contributed by atoms with van der Waals surface area (Å²) in [6, 6.07) is 6.28. The van der Waals surface area contributed by atoms with E-state index in [9.17, 15) is 17.2 Å². The highest BCUT2D eigenvalue weighted by molar-refractivity contribution is 7.89. The summed E-state index contributed by atoms with van der Waals surface area (Å²) in [6.07, 6.45) is 2.17. The molecule has 24 heavy (non-hydrogen) atoms. The van der Waals surface area contributed by atoms with Gasteiger partial charge >= 0.3 is 0 Å². The van der Waals surface area contributed by atoms with Crippen LogP contribution in [0.3, 0.4) is 0 Å². The van der Waals surface area contributed by atoms with E-state index in [0.29, 0.717) is 6.07 Å². The van der Waals surface area contributed by atoms with Gasteiger partial charge in [-0.1, -0.05) is 6.07 Å². The second-order valence-corrected chi connectivity index (χ2v) is 8.42. The average molecular weight is 372 g/mol. The Balaban J connectivity index is 1.78. The fraction of sp³-hybridized carbons (Fsp3) is 0.375. The number of hydrogen-bond donors (Lipinski definition) is 1. The molecule has 4 nitrogen and oxygen atoms in total. The van der Waals surface area contributed by atoms with E-state index >= 15 is 0 Å². The van der Waals surface area contributed by atoms with Gasteiger partial charge in [-0.2, -0.15) is 0 Å². The maximum atomic E-state index is 13.8. The zero-order valence-corrected chi connectivity index (χ0v) is 14.5. The summed E-state index contributed by atoms with van der Waals surface area (Å²) >= 11 is 1.57. The first-order chi connectivity index (χ1) is 11.5. The smallest absolute Gasteiger partial charge is 0.243 e. The van der Waals surface area contributed by atoms with Crippen LogP contribution >= 0.6 is 11.3 Å². The van der Waals surface area contributed by atoms with Crippen molar-refractivity contribution in [2.24, 2.45) is 0 Å². The molecular weight excluding hydrogens is 354 g/mol. The van der Waals surface area contributed by atoms with E-state index in [-0.39, 0.29) is 12.6 Å². The third kappa shape index (κ3) is 3.83. The molecular formula is C16H18F2N2O2S2. The molecule has 2 aromatic rings. The minimum Gasteiger partial charge on any atom is -0.294 e. The van der Waals surface area contributed by atoms with Crippen LogP contribution in [-0.4, -0.2) is 33.0 Å². The summed E-state index contributed by atoms with van der Waals surface area (Å²) in [4.78, 5) is 2.77. The minimum atomic E-state index is -4.04. The van der Waals surface area contributed by atoms with Gasteiger partial charge in [0.05, 0.1) is 6.04 Å². The molecule has 1 atom stereocenters. The van der Waals surface area contributed by atoms with Crippen molar-refractivity contribution in [1.82, 2.24) is 9.62 Å². The standard InChI is InChI=1S/C16H18F2N2O2S2/c17-12-5-6-16(13(18)10-12)24(21,22)19-11-14(15-4-3-9-23-15)20-7-1-2-8-20/h3-6,9-10,14,19H,1-2,7-8,11H2. The molecule has 3 rings (SSSR count). The Bertz CT molecular complexity index is 788. The summed E-state index contributed by atoms with van der Waals surface area (Å²) in [6.45, 7) is 1.98. The molecule has 1 fully saturated rings. The number of rotatable bonds is 6. The van der Waals surface area contributed by atoms with Crippen molar-refractivity contribution in [2.75, 3.05) is 19.6 Å².